The normalized spacial score (nSPS) is 11.0. The van der Waals surface area contributed by atoms with Gasteiger partial charge in [0.2, 0.25) is 0 Å². The molecule has 6 heteroatoms. The van der Waals surface area contributed by atoms with E-state index in [0.29, 0.717) is 12.0 Å². The molecule has 3 N–H and O–H groups in total. The van der Waals surface area contributed by atoms with Crippen molar-refractivity contribution in [2.45, 2.75) is 13.3 Å². The second-order valence-corrected chi connectivity index (χ2v) is 5.73. The van der Waals surface area contributed by atoms with Crippen LogP contribution >= 0.6 is 0 Å². The summed E-state index contributed by atoms with van der Waals surface area (Å²) in [5.41, 5.74) is 1.76. The smallest absolute Gasteiger partial charge is 0.338 e. The van der Waals surface area contributed by atoms with E-state index in [4.69, 9.17) is 20.1 Å². The molecule has 0 aliphatic carbocycles. The molecule has 0 saturated carbocycles. The summed E-state index contributed by atoms with van der Waals surface area (Å²) >= 11 is 0. The van der Waals surface area contributed by atoms with Gasteiger partial charge in [-0.1, -0.05) is 37.3 Å². The Balaban J connectivity index is 0.000000263. The third-order valence-electron chi connectivity index (χ3n) is 3.42. The molecule has 2 aromatic carbocycles. The number of aromatic carboxylic acids is 1. The van der Waals surface area contributed by atoms with Gasteiger partial charge in [-0.05, 0) is 36.2 Å². The minimum absolute atomic E-state index is 0.0114. The molecule has 140 valence electrons. The van der Waals surface area contributed by atoms with Gasteiger partial charge in [0, 0.05) is 19.1 Å². The monoisotopic (exact) mass is 360 g/mol. The molecule has 1 unspecified atom stereocenters. The van der Waals surface area contributed by atoms with Crippen LogP contribution in [-0.4, -0.2) is 47.1 Å². The highest BCUT2D eigenvalue weighted by Gasteiger charge is 2.08. The second-order valence-electron chi connectivity index (χ2n) is 5.73. The number of carbonyl (C=O) groups is 2. The SMILES string of the molecule is CC(CO)COC(=O)c1ccccc1.O=C(O)c1ccc(CCO)cc1. The van der Waals surface area contributed by atoms with Gasteiger partial charge in [-0.2, -0.15) is 0 Å². The highest BCUT2D eigenvalue weighted by Crippen LogP contribution is 2.05. The van der Waals surface area contributed by atoms with Crippen LogP contribution < -0.4 is 0 Å². The van der Waals surface area contributed by atoms with Crippen molar-refractivity contribution < 1.29 is 29.6 Å². The number of esters is 1. The maximum absolute atomic E-state index is 11.4. The van der Waals surface area contributed by atoms with Crippen molar-refractivity contribution in [3.05, 3.63) is 71.3 Å². The number of rotatable bonds is 7. The fraction of sp³-hybridized carbons (Fsp3) is 0.300. The van der Waals surface area contributed by atoms with Crippen LogP contribution in [0.5, 0.6) is 0 Å². The fourth-order valence-electron chi connectivity index (χ4n) is 1.87. The maximum Gasteiger partial charge on any atom is 0.338 e. The van der Waals surface area contributed by atoms with E-state index >= 15 is 0 Å². The van der Waals surface area contributed by atoms with Crippen molar-refractivity contribution in [3.8, 4) is 0 Å². The number of carboxylic acid groups (broad SMARTS) is 1. The van der Waals surface area contributed by atoms with Gasteiger partial charge < -0.3 is 20.1 Å². The first-order valence-corrected chi connectivity index (χ1v) is 8.24. The quantitative estimate of drug-likeness (QED) is 0.655. The number of ether oxygens (including phenoxy) is 1. The summed E-state index contributed by atoms with van der Waals surface area (Å²) < 4.78 is 4.98. The van der Waals surface area contributed by atoms with Crippen molar-refractivity contribution in [2.24, 2.45) is 5.92 Å². The maximum atomic E-state index is 11.4. The van der Waals surface area contributed by atoms with Crippen molar-refractivity contribution in [3.63, 3.8) is 0 Å². The zero-order chi connectivity index (χ0) is 19.4. The molecule has 0 radical (unpaired) electrons. The number of benzene rings is 2. The molecular formula is C20H24O6. The van der Waals surface area contributed by atoms with E-state index in [0.717, 1.165) is 5.56 Å². The van der Waals surface area contributed by atoms with Gasteiger partial charge in [-0.15, -0.1) is 0 Å². The Kier molecular flexibility index (Phi) is 9.67. The van der Waals surface area contributed by atoms with Crippen LogP contribution in [0.3, 0.4) is 0 Å². The zero-order valence-corrected chi connectivity index (χ0v) is 14.7. The van der Waals surface area contributed by atoms with Crippen LogP contribution in [-0.2, 0) is 11.2 Å². The Morgan fingerprint density at radius 1 is 0.962 bits per heavy atom. The Morgan fingerprint density at radius 3 is 2.08 bits per heavy atom. The molecular weight excluding hydrogens is 336 g/mol. The fourth-order valence-corrected chi connectivity index (χ4v) is 1.87. The summed E-state index contributed by atoms with van der Waals surface area (Å²) in [6, 6.07) is 15.3. The predicted molar refractivity (Wildman–Crippen MR) is 97.2 cm³/mol. The first kappa shape index (κ1) is 21.3. The van der Waals surface area contributed by atoms with Gasteiger partial charge in [-0.3, -0.25) is 0 Å². The van der Waals surface area contributed by atoms with E-state index in [1.807, 2.05) is 13.0 Å². The van der Waals surface area contributed by atoms with E-state index in [9.17, 15) is 9.59 Å². The molecule has 1 atom stereocenters. The highest BCUT2D eigenvalue weighted by atomic mass is 16.5. The number of carboxylic acids is 1. The molecule has 0 aliphatic heterocycles. The average Bonchev–Trinajstić information content (AvgIpc) is 2.67. The van der Waals surface area contributed by atoms with Crippen LogP contribution in [0.4, 0.5) is 0 Å². The van der Waals surface area contributed by atoms with Crippen molar-refractivity contribution in [2.75, 3.05) is 19.8 Å². The molecule has 2 aromatic rings. The molecule has 2 rings (SSSR count). The van der Waals surface area contributed by atoms with Crippen LogP contribution in [0, 0.1) is 5.92 Å². The van der Waals surface area contributed by atoms with E-state index in [1.54, 1.807) is 36.4 Å². The Bertz CT molecular complexity index is 666. The van der Waals surface area contributed by atoms with Gasteiger partial charge in [0.1, 0.15) is 0 Å². The zero-order valence-electron chi connectivity index (χ0n) is 14.7. The summed E-state index contributed by atoms with van der Waals surface area (Å²) in [5, 5.41) is 25.9. The molecule has 26 heavy (non-hydrogen) atoms. The van der Waals surface area contributed by atoms with Gasteiger partial charge in [0.05, 0.1) is 17.7 Å². The lowest BCUT2D eigenvalue weighted by molar-refractivity contribution is 0.0405. The van der Waals surface area contributed by atoms with Crippen molar-refractivity contribution in [1.82, 2.24) is 0 Å². The van der Waals surface area contributed by atoms with E-state index in [1.165, 1.54) is 12.1 Å². The molecule has 0 fully saturated rings. The first-order valence-electron chi connectivity index (χ1n) is 8.24. The van der Waals surface area contributed by atoms with E-state index < -0.39 is 5.97 Å². The van der Waals surface area contributed by atoms with E-state index in [2.05, 4.69) is 0 Å². The van der Waals surface area contributed by atoms with Crippen molar-refractivity contribution in [1.29, 1.82) is 0 Å². The van der Waals surface area contributed by atoms with E-state index in [-0.39, 0.29) is 37.3 Å². The molecule has 0 amide bonds. The number of carbonyl (C=O) groups excluding carboxylic acids is 1. The summed E-state index contributed by atoms with van der Waals surface area (Å²) in [7, 11) is 0. The third-order valence-corrected chi connectivity index (χ3v) is 3.42. The second kappa shape index (κ2) is 11.8. The predicted octanol–water partition coefficient (Wildman–Crippen LogP) is 2.39. The van der Waals surface area contributed by atoms with Gasteiger partial charge in [0.15, 0.2) is 0 Å². The van der Waals surface area contributed by atoms with Crippen LogP contribution in [0.1, 0.15) is 33.2 Å². The first-order chi connectivity index (χ1) is 12.5. The van der Waals surface area contributed by atoms with Crippen LogP contribution in [0.15, 0.2) is 54.6 Å². The number of hydrogen-bond donors (Lipinski definition) is 3. The van der Waals surface area contributed by atoms with Crippen molar-refractivity contribution >= 4 is 11.9 Å². The Morgan fingerprint density at radius 2 is 1.58 bits per heavy atom. The summed E-state index contributed by atoms with van der Waals surface area (Å²) in [5.74, 6) is -1.28. The lowest BCUT2D eigenvalue weighted by Gasteiger charge is -2.08. The minimum Gasteiger partial charge on any atom is -0.478 e. The summed E-state index contributed by atoms with van der Waals surface area (Å²) in [6.07, 6.45) is 0.569. The van der Waals surface area contributed by atoms with Gasteiger partial charge >= 0.3 is 11.9 Å². The highest BCUT2D eigenvalue weighted by molar-refractivity contribution is 5.89. The molecule has 0 heterocycles. The van der Waals surface area contributed by atoms with Gasteiger partial charge in [0.25, 0.3) is 0 Å². The Labute approximate surface area is 152 Å². The molecule has 0 aromatic heterocycles. The Hall–Kier alpha value is -2.70. The number of aliphatic hydroxyl groups excluding tert-OH is 2. The molecule has 0 bridgehead atoms. The van der Waals surface area contributed by atoms with Gasteiger partial charge in [-0.25, -0.2) is 9.59 Å². The largest absolute Gasteiger partial charge is 0.478 e. The summed E-state index contributed by atoms with van der Waals surface area (Å²) in [6.45, 7) is 2.19. The number of hydrogen-bond acceptors (Lipinski definition) is 5. The molecule has 0 spiro atoms. The number of aliphatic hydroxyl groups is 2. The molecule has 0 saturated heterocycles. The molecule has 0 aliphatic rings. The topological polar surface area (TPSA) is 104 Å². The lowest BCUT2D eigenvalue weighted by Crippen LogP contribution is -2.14. The average molecular weight is 360 g/mol. The summed E-state index contributed by atoms with van der Waals surface area (Å²) in [4.78, 5) is 21.8. The standard InChI is InChI=1S/C11H14O3.C9H10O3/c1-9(7-12)8-14-11(13)10-5-3-2-4-6-10;10-6-5-7-1-3-8(4-2-7)9(11)12/h2-6,9,12H,7-8H2,1H3;1-4,10H,5-6H2,(H,11,12). The lowest BCUT2D eigenvalue weighted by atomic mass is 10.1. The van der Waals surface area contributed by atoms with Crippen LogP contribution in [0.25, 0.3) is 0 Å². The molecule has 6 nitrogen and oxygen atoms in total. The van der Waals surface area contributed by atoms with Crippen LogP contribution in [0.2, 0.25) is 0 Å². The third kappa shape index (κ3) is 7.92. The minimum atomic E-state index is -0.925.